The Bertz CT molecular complexity index is 4680. The van der Waals surface area contributed by atoms with Crippen LogP contribution in [0.2, 0.25) is 0 Å². The fourth-order valence-electron chi connectivity index (χ4n) is 16.9. The molecule has 0 bridgehead atoms. The number of nitrogens with zero attached hydrogens (tertiary/aromatic N) is 3. The lowest BCUT2D eigenvalue weighted by atomic mass is 9.33. The molecular formula is C89H88BN3Si. The monoisotopic (exact) mass is 1240 g/mol. The molecule has 10 aromatic carbocycles. The molecule has 1 fully saturated rings. The highest BCUT2D eigenvalue weighted by Gasteiger charge is 2.59. The van der Waals surface area contributed by atoms with Crippen molar-refractivity contribution in [1.29, 1.82) is 0 Å². The Balaban J connectivity index is 1.09. The number of benzene rings is 10. The zero-order chi connectivity index (χ0) is 65.3. The SMILES string of the molecule is CC(C)c1ccc2c(c1)N(c1ccc(C(C)(C)C)cc1C1=CC=C=C=C1)c1cc(N3c4ccc([Si](c5ccccc5)(c5ccccc5)c5ccccc5)cc4C4(C)CCCCC34C)cc3c1B2c1ccc(C(C)(C)C)cc1N3c1ccc(C(C)(C)C)cc1-c1ccccc1. The number of fused-ring (bicyclic) bond motifs is 7. The molecule has 3 aliphatic heterocycles. The van der Waals surface area contributed by atoms with Crippen molar-refractivity contribution in [1.82, 2.24) is 0 Å². The third-order valence-corrected chi connectivity index (χ3v) is 27.1. The largest absolute Gasteiger partial charge is 0.334 e. The summed E-state index contributed by atoms with van der Waals surface area (Å²) in [7, 11) is -2.92. The van der Waals surface area contributed by atoms with Gasteiger partial charge in [0.25, 0.3) is 6.71 Å². The van der Waals surface area contributed by atoms with E-state index in [-0.39, 0.29) is 33.9 Å². The number of allylic oxidation sites excluding steroid dienone is 4. The molecule has 0 spiro atoms. The van der Waals surface area contributed by atoms with Crippen LogP contribution in [0.1, 0.15) is 155 Å². The van der Waals surface area contributed by atoms with Crippen LogP contribution in [-0.2, 0) is 21.7 Å². The number of anilines is 8. The molecule has 0 saturated heterocycles. The summed E-state index contributed by atoms with van der Waals surface area (Å²) in [4.78, 5) is 8.29. The van der Waals surface area contributed by atoms with Gasteiger partial charge in [-0.15, -0.1) is 0 Å². The van der Waals surface area contributed by atoms with E-state index in [1.165, 1.54) is 128 Å². The average molecular weight is 1240 g/mol. The lowest BCUT2D eigenvalue weighted by Gasteiger charge is -2.51. The summed E-state index contributed by atoms with van der Waals surface area (Å²) in [5.41, 5.74) is 30.9. The van der Waals surface area contributed by atoms with Crippen molar-refractivity contribution in [2.75, 3.05) is 14.7 Å². The van der Waals surface area contributed by atoms with Gasteiger partial charge in [-0.1, -0.05) is 277 Å². The smallest absolute Gasteiger partial charge is 0.252 e. The van der Waals surface area contributed by atoms with E-state index in [0.717, 1.165) is 30.5 Å². The molecule has 0 radical (unpaired) electrons. The van der Waals surface area contributed by atoms with Crippen molar-refractivity contribution >= 4 is 103 Å². The van der Waals surface area contributed by atoms with Gasteiger partial charge in [-0.3, -0.25) is 0 Å². The van der Waals surface area contributed by atoms with Gasteiger partial charge in [0, 0.05) is 50.7 Å². The van der Waals surface area contributed by atoms with E-state index in [1.807, 2.05) is 6.08 Å². The van der Waals surface area contributed by atoms with Gasteiger partial charge in [0.1, 0.15) is 0 Å². The van der Waals surface area contributed by atoms with Crippen molar-refractivity contribution in [3.8, 4) is 11.1 Å². The highest BCUT2D eigenvalue weighted by molar-refractivity contribution is 7.20. The minimum absolute atomic E-state index is 0.0875. The first-order valence-electron chi connectivity index (χ1n) is 34.5. The van der Waals surface area contributed by atoms with Gasteiger partial charge in [-0.05, 0) is 191 Å². The Morgan fingerprint density at radius 3 is 1.48 bits per heavy atom. The number of hydrogen-bond acceptors (Lipinski definition) is 3. The molecule has 3 nitrogen and oxygen atoms in total. The van der Waals surface area contributed by atoms with E-state index in [2.05, 4.69) is 353 Å². The Morgan fingerprint density at radius 1 is 0.447 bits per heavy atom. The molecule has 2 aliphatic carbocycles. The normalized spacial score (nSPS) is 18.0. The van der Waals surface area contributed by atoms with Crippen LogP contribution in [0, 0.1) is 0 Å². The van der Waals surface area contributed by atoms with Gasteiger partial charge in [0.2, 0.25) is 0 Å². The van der Waals surface area contributed by atoms with Crippen LogP contribution in [0.5, 0.6) is 0 Å². The standard InChI is InChI=1S/C89H88BN3Si/c1-60(2)63-41-46-75-80(53-63)91(77-48-43-64(85(3,4)5)54-72(77)61-31-19-14-20-32-61)82-57-67(58-83-84(82)90(75)76-47-42-66(87(9,10)11)56-81(76)92(83)78-49-44-65(86(6,7)8)55-73(78)62-33-21-15-22-34-62)93-79-50-45-71(59-74(79)88(12)51-29-30-52-89(88,93)13)94(68-35-23-16-24-36-68,69-37-25-17-26-38-69)70-39-27-18-28-40-70/h15-19,21-28,31-50,53-60H,29-30,51-52H2,1-13H3. The highest BCUT2D eigenvalue weighted by atomic mass is 28.3. The lowest BCUT2D eigenvalue weighted by Crippen LogP contribution is -2.74. The maximum atomic E-state index is 3.40. The molecular weight excluding hydrogens is 1150 g/mol. The molecule has 0 amide bonds. The molecule has 0 aromatic heterocycles. The molecule has 15 rings (SSSR count). The summed E-state index contributed by atoms with van der Waals surface area (Å²) in [5, 5.41) is 5.60. The van der Waals surface area contributed by atoms with E-state index in [1.54, 1.807) is 0 Å². The van der Waals surface area contributed by atoms with Crippen LogP contribution in [-0.4, -0.2) is 20.3 Å². The van der Waals surface area contributed by atoms with Crippen molar-refractivity contribution in [3.63, 3.8) is 0 Å². The average Bonchev–Trinajstić information content (AvgIpc) is 1.58. The van der Waals surface area contributed by atoms with Crippen molar-refractivity contribution in [3.05, 3.63) is 288 Å². The van der Waals surface area contributed by atoms with Gasteiger partial charge in [0.05, 0.1) is 16.9 Å². The number of rotatable bonds is 10. The Hall–Kier alpha value is -9.08. The zero-order valence-electron chi connectivity index (χ0n) is 57.4. The molecule has 94 heavy (non-hydrogen) atoms. The summed E-state index contributed by atoms with van der Waals surface area (Å²) in [6, 6.07) is 88.5. The van der Waals surface area contributed by atoms with E-state index in [0.29, 0.717) is 5.92 Å². The van der Waals surface area contributed by atoms with Crippen molar-refractivity contribution < 1.29 is 0 Å². The summed E-state index contributed by atoms with van der Waals surface area (Å²) < 4.78 is 0. The zero-order valence-corrected chi connectivity index (χ0v) is 58.4. The third kappa shape index (κ3) is 9.67. The molecule has 10 aromatic rings. The first kappa shape index (κ1) is 61.1. The highest BCUT2D eigenvalue weighted by Crippen LogP contribution is 2.62. The van der Waals surface area contributed by atoms with Crippen molar-refractivity contribution in [2.45, 2.75) is 149 Å². The second kappa shape index (κ2) is 22.6. The first-order valence-corrected chi connectivity index (χ1v) is 36.5. The fourth-order valence-corrected chi connectivity index (χ4v) is 21.7. The summed E-state index contributed by atoms with van der Waals surface area (Å²) in [6.07, 6.45) is 10.9. The van der Waals surface area contributed by atoms with E-state index < -0.39 is 8.07 Å². The van der Waals surface area contributed by atoms with Gasteiger partial charge < -0.3 is 14.7 Å². The number of hydrogen-bond donors (Lipinski definition) is 0. The van der Waals surface area contributed by atoms with Crippen LogP contribution in [0.4, 0.5) is 45.5 Å². The second-order valence-electron chi connectivity index (χ2n) is 31.3. The quantitative estimate of drug-likeness (QED) is 0.0768. The molecule has 5 heteroatoms. The third-order valence-electron chi connectivity index (χ3n) is 22.3. The molecule has 466 valence electrons. The van der Waals surface area contributed by atoms with Crippen LogP contribution in [0.25, 0.3) is 16.7 Å². The van der Waals surface area contributed by atoms with Gasteiger partial charge in [0.15, 0.2) is 8.07 Å². The van der Waals surface area contributed by atoms with Crippen LogP contribution < -0.4 is 51.8 Å². The molecule has 5 aliphatic rings. The first-order chi connectivity index (χ1) is 45.1. The van der Waals surface area contributed by atoms with Gasteiger partial charge in [-0.25, -0.2) is 0 Å². The summed E-state index contributed by atoms with van der Waals surface area (Å²) in [6.45, 7) is 31.0. The Morgan fingerprint density at radius 2 is 0.936 bits per heavy atom. The van der Waals surface area contributed by atoms with E-state index in [9.17, 15) is 0 Å². The van der Waals surface area contributed by atoms with Crippen LogP contribution >= 0.6 is 0 Å². The lowest BCUT2D eigenvalue weighted by molar-refractivity contribution is 0.195. The maximum absolute atomic E-state index is 3.40. The minimum atomic E-state index is -2.92. The van der Waals surface area contributed by atoms with Gasteiger partial charge in [-0.2, -0.15) is 0 Å². The summed E-state index contributed by atoms with van der Waals surface area (Å²) >= 11 is 0. The fraction of sp³-hybridized carbons (Fsp3) is 0.258. The molecule has 2 unspecified atom stereocenters. The van der Waals surface area contributed by atoms with Crippen molar-refractivity contribution in [2.24, 2.45) is 0 Å². The molecule has 3 heterocycles. The van der Waals surface area contributed by atoms with Crippen LogP contribution in [0.3, 0.4) is 0 Å². The summed E-state index contributed by atoms with van der Waals surface area (Å²) in [5.74, 6) is 0.302. The molecule has 2 atom stereocenters. The topological polar surface area (TPSA) is 9.72 Å². The predicted molar refractivity (Wildman–Crippen MR) is 407 cm³/mol. The Kier molecular flexibility index (Phi) is 14.7. The Labute approximate surface area is 561 Å². The second-order valence-corrected chi connectivity index (χ2v) is 35.1. The molecule has 1 saturated carbocycles. The minimum Gasteiger partial charge on any atom is -0.334 e. The van der Waals surface area contributed by atoms with E-state index in [4.69, 9.17) is 0 Å². The van der Waals surface area contributed by atoms with Crippen LogP contribution in [0.15, 0.2) is 254 Å². The molecule has 0 N–H and O–H groups in total. The predicted octanol–water partition coefficient (Wildman–Crippen LogP) is 18.8. The van der Waals surface area contributed by atoms with Gasteiger partial charge >= 0.3 is 0 Å². The van der Waals surface area contributed by atoms with E-state index >= 15 is 0 Å². The maximum Gasteiger partial charge on any atom is 0.252 e.